The van der Waals surface area contributed by atoms with Crippen LogP contribution in [0.15, 0.2) is 18.2 Å². The number of carbonyl (C=O) groups is 2. The lowest BCUT2D eigenvalue weighted by molar-refractivity contribution is -0.116. The molecule has 3 rings (SSSR count). The van der Waals surface area contributed by atoms with Crippen LogP contribution in [0.25, 0.3) is 0 Å². The first-order chi connectivity index (χ1) is 10.4. The van der Waals surface area contributed by atoms with Crippen LogP contribution in [0.1, 0.15) is 29.6 Å². The van der Waals surface area contributed by atoms with E-state index in [-0.39, 0.29) is 34.4 Å². The molecule has 6 nitrogen and oxygen atoms in total. The van der Waals surface area contributed by atoms with Crippen molar-refractivity contribution in [3.05, 3.63) is 28.8 Å². The summed E-state index contributed by atoms with van der Waals surface area (Å²) in [6.07, 6.45) is 1.85. The summed E-state index contributed by atoms with van der Waals surface area (Å²) in [7, 11) is -3.65. The van der Waals surface area contributed by atoms with Crippen molar-refractivity contribution in [2.24, 2.45) is 0 Å². The molecule has 0 aliphatic carbocycles. The smallest absolute Gasteiger partial charge is 0.255 e. The summed E-state index contributed by atoms with van der Waals surface area (Å²) in [5.74, 6) is -0.917. The van der Waals surface area contributed by atoms with Crippen LogP contribution in [0.5, 0.6) is 0 Å². The molecule has 0 N–H and O–H groups in total. The second-order valence-electron chi connectivity index (χ2n) is 5.39. The lowest BCUT2D eigenvalue weighted by Gasteiger charge is -2.19. The van der Waals surface area contributed by atoms with Gasteiger partial charge in [-0.15, -0.1) is 0 Å². The van der Waals surface area contributed by atoms with Gasteiger partial charge in [-0.3, -0.25) is 9.59 Å². The Morgan fingerprint density at radius 1 is 1.18 bits per heavy atom. The predicted octanol–water partition coefficient (Wildman–Crippen LogP) is 1.64. The number of amides is 2. The average Bonchev–Trinajstić information content (AvgIpc) is 3.08. The number of rotatable bonds is 2. The third-order valence-corrected chi connectivity index (χ3v) is 5.91. The monoisotopic (exact) mass is 342 g/mol. The van der Waals surface area contributed by atoms with Gasteiger partial charge in [-0.2, -0.15) is 0 Å². The standard InChI is InChI=1S/C14H15ClN2O4S/c15-12-4-3-10(17-13(18)5-8-22(17,20)21)9-11(12)14(19)16-6-1-2-7-16/h3-4,9H,1-2,5-8H2. The van der Waals surface area contributed by atoms with Gasteiger partial charge in [0.25, 0.3) is 5.91 Å². The van der Waals surface area contributed by atoms with E-state index in [1.807, 2.05) is 0 Å². The number of benzene rings is 1. The molecule has 0 radical (unpaired) electrons. The van der Waals surface area contributed by atoms with Crippen molar-refractivity contribution in [3.8, 4) is 0 Å². The summed E-state index contributed by atoms with van der Waals surface area (Å²) in [5.41, 5.74) is 0.408. The summed E-state index contributed by atoms with van der Waals surface area (Å²) in [4.78, 5) is 26.0. The van der Waals surface area contributed by atoms with Gasteiger partial charge < -0.3 is 4.90 Å². The Morgan fingerprint density at radius 2 is 1.86 bits per heavy atom. The zero-order chi connectivity index (χ0) is 15.9. The molecular formula is C14H15ClN2O4S. The Balaban J connectivity index is 1.99. The number of halogens is 1. The second kappa shape index (κ2) is 5.55. The molecule has 2 aliphatic rings. The average molecular weight is 343 g/mol. The maximum absolute atomic E-state index is 12.5. The maximum Gasteiger partial charge on any atom is 0.255 e. The third kappa shape index (κ3) is 2.59. The Kier molecular flexibility index (Phi) is 3.86. The molecule has 118 valence electrons. The van der Waals surface area contributed by atoms with Gasteiger partial charge in [0.15, 0.2) is 0 Å². The summed E-state index contributed by atoms with van der Waals surface area (Å²) >= 11 is 6.08. The molecular weight excluding hydrogens is 328 g/mol. The van der Waals surface area contributed by atoms with Crippen LogP contribution in [0.3, 0.4) is 0 Å². The third-order valence-electron chi connectivity index (χ3n) is 3.89. The first-order valence-corrected chi connectivity index (χ1v) is 9.03. The SMILES string of the molecule is O=C(c1cc(N2C(=O)CCS2(=O)=O)ccc1Cl)N1CCCC1. The second-order valence-corrected chi connectivity index (χ2v) is 7.73. The lowest BCUT2D eigenvalue weighted by Crippen LogP contribution is -2.31. The normalized spacial score (nSPS) is 20.7. The maximum atomic E-state index is 12.5. The fourth-order valence-electron chi connectivity index (χ4n) is 2.76. The van der Waals surface area contributed by atoms with Gasteiger partial charge >= 0.3 is 0 Å². The van der Waals surface area contributed by atoms with Gasteiger partial charge in [0.2, 0.25) is 15.9 Å². The van der Waals surface area contributed by atoms with E-state index in [0.29, 0.717) is 13.1 Å². The highest BCUT2D eigenvalue weighted by atomic mass is 35.5. The zero-order valence-corrected chi connectivity index (χ0v) is 13.4. The molecule has 0 atom stereocenters. The lowest BCUT2D eigenvalue weighted by atomic mass is 10.1. The minimum atomic E-state index is -3.65. The highest BCUT2D eigenvalue weighted by Gasteiger charge is 2.37. The fraction of sp³-hybridized carbons (Fsp3) is 0.429. The molecule has 1 aromatic carbocycles. The predicted molar refractivity (Wildman–Crippen MR) is 82.5 cm³/mol. The summed E-state index contributed by atoms with van der Waals surface area (Å²) < 4.78 is 24.7. The Bertz CT molecular complexity index is 741. The minimum Gasteiger partial charge on any atom is -0.339 e. The van der Waals surface area contributed by atoms with E-state index >= 15 is 0 Å². The first kappa shape index (κ1) is 15.3. The molecule has 2 saturated heterocycles. The van der Waals surface area contributed by atoms with E-state index in [1.54, 1.807) is 4.90 Å². The number of sulfonamides is 1. The van der Waals surface area contributed by atoms with Gasteiger partial charge in [0.05, 0.1) is 22.0 Å². The topological polar surface area (TPSA) is 74.8 Å². The number of nitrogens with zero attached hydrogens (tertiary/aromatic N) is 2. The fourth-order valence-corrected chi connectivity index (χ4v) is 4.41. The molecule has 0 saturated carbocycles. The summed E-state index contributed by atoms with van der Waals surface area (Å²) in [5, 5.41) is 0.254. The van der Waals surface area contributed by atoms with Crippen LogP contribution in [-0.2, 0) is 14.8 Å². The van der Waals surface area contributed by atoms with Crippen LogP contribution < -0.4 is 4.31 Å². The highest BCUT2D eigenvalue weighted by molar-refractivity contribution is 7.94. The molecule has 2 heterocycles. The molecule has 1 aromatic rings. The number of hydrogen-bond acceptors (Lipinski definition) is 4. The summed E-state index contributed by atoms with van der Waals surface area (Å²) in [6.45, 7) is 1.33. The zero-order valence-electron chi connectivity index (χ0n) is 11.8. The van der Waals surface area contributed by atoms with Crippen LogP contribution in [-0.4, -0.2) is 44.0 Å². The van der Waals surface area contributed by atoms with E-state index in [0.717, 1.165) is 17.1 Å². The van der Waals surface area contributed by atoms with E-state index in [2.05, 4.69) is 0 Å². The van der Waals surface area contributed by atoms with Gasteiger partial charge in [0, 0.05) is 19.5 Å². The molecule has 0 spiro atoms. The largest absolute Gasteiger partial charge is 0.339 e. The molecule has 0 aromatic heterocycles. The van der Waals surface area contributed by atoms with E-state index in [4.69, 9.17) is 11.6 Å². The molecule has 22 heavy (non-hydrogen) atoms. The number of hydrogen-bond donors (Lipinski definition) is 0. The minimum absolute atomic E-state index is 0.0413. The molecule has 0 bridgehead atoms. The van der Waals surface area contributed by atoms with Gasteiger partial charge in [-0.05, 0) is 31.0 Å². The van der Waals surface area contributed by atoms with Crippen LogP contribution in [0, 0.1) is 0 Å². The van der Waals surface area contributed by atoms with E-state index in [1.165, 1.54) is 18.2 Å². The quantitative estimate of drug-likeness (QED) is 0.819. The van der Waals surface area contributed by atoms with Crippen molar-refractivity contribution in [2.45, 2.75) is 19.3 Å². The highest BCUT2D eigenvalue weighted by Crippen LogP contribution is 2.30. The van der Waals surface area contributed by atoms with Gasteiger partial charge in [0.1, 0.15) is 0 Å². The number of anilines is 1. The molecule has 8 heteroatoms. The van der Waals surface area contributed by atoms with Crippen molar-refractivity contribution in [1.29, 1.82) is 0 Å². The van der Waals surface area contributed by atoms with Crippen molar-refractivity contribution >= 4 is 39.1 Å². The number of carbonyl (C=O) groups excluding carboxylic acids is 2. The first-order valence-electron chi connectivity index (χ1n) is 7.05. The van der Waals surface area contributed by atoms with Crippen molar-refractivity contribution < 1.29 is 18.0 Å². The molecule has 2 aliphatic heterocycles. The van der Waals surface area contributed by atoms with Gasteiger partial charge in [-0.25, -0.2) is 12.7 Å². The summed E-state index contributed by atoms with van der Waals surface area (Å²) in [6, 6.07) is 4.30. The van der Waals surface area contributed by atoms with Crippen LogP contribution >= 0.6 is 11.6 Å². The Hall–Kier alpha value is -1.60. The Labute approximate surface area is 133 Å². The van der Waals surface area contributed by atoms with Crippen LogP contribution in [0.4, 0.5) is 5.69 Å². The Morgan fingerprint density at radius 3 is 2.45 bits per heavy atom. The molecule has 2 amide bonds. The van der Waals surface area contributed by atoms with Crippen molar-refractivity contribution in [2.75, 3.05) is 23.1 Å². The molecule has 2 fully saturated rings. The number of likely N-dealkylation sites (tertiary alicyclic amines) is 1. The van der Waals surface area contributed by atoms with E-state index < -0.39 is 15.9 Å². The van der Waals surface area contributed by atoms with Crippen molar-refractivity contribution in [3.63, 3.8) is 0 Å². The van der Waals surface area contributed by atoms with E-state index in [9.17, 15) is 18.0 Å². The van der Waals surface area contributed by atoms with Crippen molar-refractivity contribution in [1.82, 2.24) is 4.90 Å². The molecule has 0 unspecified atom stereocenters. The van der Waals surface area contributed by atoms with Gasteiger partial charge in [-0.1, -0.05) is 11.6 Å². The van der Waals surface area contributed by atoms with Crippen LogP contribution in [0.2, 0.25) is 5.02 Å².